The van der Waals surface area contributed by atoms with E-state index in [0.717, 1.165) is 35.9 Å². The van der Waals surface area contributed by atoms with Crippen LogP contribution in [0.2, 0.25) is 0 Å². The molecular weight excluding hydrogens is 312 g/mol. The quantitative estimate of drug-likeness (QED) is 0.790. The Balaban J connectivity index is 1.45. The first-order chi connectivity index (χ1) is 11.1. The third-order valence-corrected chi connectivity index (χ3v) is 4.92. The molecule has 7 heteroatoms. The second kappa shape index (κ2) is 7.04. The Bertz CT molecular complexity index is 693. The maximum absolute atomic E-state index is 12.0. The molecule has 0 aliphatic carbocycles. The van der Waals surface area contributed by atoms with E-state index >= 15 is 0 Å². The van der Waals surface area contributed by atoms with Gasteiger partial charge in [0.15, 0.2) is 11.6 Å². The summed E-state index contributed by atoms with van der Waals surface area (Å²) in [5, 5.41) is 13.2. The summed E-state index contributed by atoms with van der Waals surface area (Å²) in [6.45, 7) is 2.84. The van der Waals surface area contributed by atoms with Gasteiger partial charge in [0.05, 0.1) is 10.9 Å². The number of amides is 1. The van der Waals surface area contributed by atoms with E-state index in [2.05, 4.69) is 20.1 Å². The molecule has 0 radical (unpaired) electrons. The average Bonchev–Trinajstić information content (AvgIpc) is 3.24. The molecule has 122 valence electrons. The van der Waals surface area contributed by atoms with Gasteiger partial charge in [-0.3, -0.25) is 9.59 Å². The predicted molar refractivity (Wildman–Crippen MR) is 87.4 cm³/mol. The van der Waals surface area contributed by atoms with Gasteiger partial charge in [0.1, 0.15) is 5.82 Å². The van der Waals surface area contributed by atoms with Crippen molar-refractivity contribution >= 4 is 23.0 Å². The summed E-state index contributed by atoms with van der Waals surface area (Å²) in [5.41, 5.74) is 0. The number of carbonyl (C=O) groups excluding carboxylic acids is 2. The Morgan fingerprint density at radius 3 is 3.04 bits per heavy atom. The van der Waals surface area contributed by atoms with Crippen molar-refractivity contribution in [3.8, 4) is 0 Å². The smallest absolute Gasteiger partial charge is 0.220 e. The van der Waals surface area contributed by atoms with Gasteiger partial charge in [-0.05, 0) is 31.2 Å². The third-order valence-electron chi connectivity index (χ3n) is 4.01. The molecule has 1 aliphatic heterocycles. The molecule has 23 heavy (non-hydrogen) atoms. The lowest BCUT2D eigenvalue weighted by Gasteiger charge is -2.13. The van der Waals surface area contributed by atoms with E-state index in [1.54, 1.807) is 0 Å². The number of aryl methyl sites for hydroxylation is 1. The second-order valence-corrected chi connectivity index (χ2v) is 6.72. The molecule has 1 N–H and O–H groups in total. The number of fused-ring (bicyclic) bond motifs is 1. The van der Waals surface area contributed by atoms with Crippen LogP contribution in [-0.2, 0) is 17.8 Å². The zero-order valence-corrected chi connectivity index (χ0v) is 13.9. The molecule has 0 saturated carbocycles. The van der Waals surface area contributed by atoms with Gasteiger partial charge in [0.25, 0.3) is 0 Å². The highest BCUT2D eigenvalue weighted by Crippen LogP contribution is 2.19. The van der Waals surface area contributed by atoms with E-state index < -0.39 is 0 Å². The summed E-state index contributed by atoms with van der Waals surface area (Å²) in [5.74, 6) is 1.88. The molecule has 0 saturated heterocycles. The Hall–Kier alpha value is -2.02. The monoisotopic (exact) mass is 332 g/mol. The Morgan fingerprint density at radius 1 is 1.39 bits per heavy atom. The molecule has 6 nitrogen and oxygen atoms in total. The molecule has 2 aromatic rings. The Morgan fingerprint density at radius 2 is 2.26 bits per heavy atom. The van der Waals surface area contributed by atoms with Crippen LogP contribution in [0.5, 0.6) is 0 Å². The molecular formula is C16H20N4O2S. The maximum Gasteiger partial charge on any atom is 0.220 e. The van der Waals surface area contributed by atoms with Crippen molar-refractivity contribution in [1.29, 1.82) is 0 Å². The van der Waals surface area contributed by atoms with Crippen molar-refractivity contribution in [3.63, 3.8) is 0 Å². The van der Waals surface area contributed by atoms with Gasteiger partial charge in [-0.2, -0.15) is 0 Å². The van der Waals surface area contributed by atoms with Crippen LogP contribution >= 0.6 is 11.3 Å². The summed E-state index contributed by atoms with van der Waals surface area (Å²) < 4.78 is 2.09. The molecule has 1 amide bonds. The first-order valence-electron chi connectivity index (χ1n) is 7.93. The molecule has 0 aromatic carbocycles. The van der Waals surface area contributed by atoms with Gasteiger partial charge >= 0.3 is 0 Å². The molecule has 3 heterocycles. The Labute approximate surface area is 138 Å². The molecule has 1 aliphatic rings. The SMILES string of the molecule is C[C@H](NC(=O)CCCC(=O)c1cccs1)c1nnc2n1CCC2. The minimum Gasteiger partial charge on any atom is -0.346 e. The molecule has 3 rings (SSSR count). The van der Waals surface area contributed by atoms with Crippen LogP contribution in [0, 0.1) is 0 Å². The van der Waals surface area contributed by atoms with E-state index in [9.17, 15) is 9.59 Å². The van der Waals surface area contributed by atoms with E-state index in [4.69, 9.17) is 0 Å². The molecule has 0 fully saturated rings. The van der Waals surface area contributed by atoms with Crippen molar-refractivity contribution in [3.05, 3.63) is 34.0 Å². The van der Waals surface area contributed by atoms with Gasteiger partial charge in [-0.25, -0.2) is 0 Å². The van der Waals surface area contributed by atoms with E-state index in [1.807, 2.05) is 24.4 Å². The number of ketones is 1. The van der Waals surface area contributed by atoms with Crippen LogP contribution in [-0.4, -0.2) is 26.5 Å². The van der Waals surface area contributed by atoms with Crippen molar-refractivity contribution in [1.82, 2.24) is 20.1 Å². The lowest BCUT2D eigenvalue weighted by molar-refractivity contribution is -0.121. The summed E-state index contributed by atoms with van der Waals surface area (Å²) >= 11 is 1.44. The summed E-state index contributed by atoms with van der Waals surface area (Å²) in [6, 6.07) is 3.53. The fourth-order valence-electron chi connectivity index (χ4n) is 2.84. The van der Waals surface area contributed by atoms with Crippen molar-refractivity contribution in [2.75, 3.05) is 0 Å². The van der Waals surface area contributed by atoms with Gasteiger partial charge in [-0.1, -0.05) is 6.07 Å². The largest absolute Gasteiger partial charge is 0.346 e. The van der Waals surface area contributed by atoms with Crippen molar-refractivity contribution in [2.45, 2.75) is 51.6 Å². The van der Waals surface area contributed by atoms with Gasteiger partial charge in [0.2, 0.25) is 5.91 Å². The minimum atomic E-state index is -0.158. The average molecular weight is 332 g/mol. The maximum atomic E-state index is 12.0. The van der Waals surface area contributed by atoms with E-state index in [0.29, 0.717) is 19.3 Å². The van der Waals surface area contributed by atoms with Crippen LogP contribution in [0.15, 0.2) is 17.5 Å². The number of Topliss-reactive ketones (excluding diaryl/α,β-unsaturated/α-hetero) is 1. The van der Waals surface area contributed by atoms with Crippen LogP contribution in [0.4, 0.5) is 0 Å². The summed E-state index contributed by atoms with van der Waals surface area (Å²) in [4.78, 5) is 24.7. The van der Waals surface area contributed by atoms with Crippen molar-refractivity contribution < 1.29 is 9.59 Å². The molecule has 0 unspecified atom stereocenters. The number of nitrogens with zero attached hydrogens (tertiary/aromatic N) is 3. The lowest BCUT2D eigenvalue weighted by Crippen LogP contribution is -2.28. The number of aromatic nitrogens is 3. The molecule has 1 atom stereocenters. The van der Waals surface area contributed by atoms with E-state index in [-0.39, 0.29) is 17.7 Å². The topological polar surface area (TPSA) is 76.9 Å². The normalized spacial score (nSPS) is 14.5. The first-order valence-corrected chi connectivity index (χ1v) is 8.81. The summed E-state index contributed by atoms with van der Waals surface area (Å²) in [7, 11) is 0. The van der Waals surface area contributed by atoms with E-state index in [1.165, 1.54) is 11.3 Å². The number of hydrogen-bond donors (Lipinski definition) is 1. The number of hydrogen-bond acceptors (Lipinski definition) is 5. The predicted octanol–water partition coefficient (Wildman–Crippen LogP) is 2.52. The highest BCUT2D eigenvalue weighted by atomic mass is 32.1. The number of rotatable bonds is 7. The standard InChI is InChI=1S/C16H20N4O2S/c1-11(16-19-18-14-7-3-9-20(14)16)17-15(22)8-2-5-12(21)13-6-4-10-23-13/h4,6,10-11H,2-3,5,7-9H2,1H3,(H,17,22)/t11-/m0/s1. The number of thiophene rings is 1. The van der Waals surface area contributed by atoms with Gasteiger partial charge in [-0.15, -0.1) is 21.5 Å². The summed E-state index contributed by atoms with van der Waals surface area (Å²) in [6.07, 6.45) is 3.36. The fourth-order valence-corrected chi connectivity index (χ4v) is 3.54. The third kappa shape index (κ3) is 3.67. The minimum absolute atomic E-state index is 0.0492. The highest BCUT2D eigenvalue weighted by Gasteiger charge is 2.22. The second-order valence-electron chi connectivity index (χ2n) is 5.77. The van der Waals surface area contributed by atoms with Gasteiger partial charge < -0.3 is 9.88 Å². The van der Waals surface area contributed by atoms with Crippen LogP contribution in [0.1, 0.15) is 60.0 Å². The van der Waals surface area contributed by atoms with Crippen molar-refractivity contribution in [2.24, 2.45) is 0 Å². The molecule has 2 aromatic heterocycles. The molecule has 0 spiro atoms. The van der Waals surface area contributed by atoms with Crippen LogP contribution in [0.3, 0.4) is 0 Å². The first kappa shape index (κ1) is 15.9. The zero-order chi connectivity index (χ0) is 16.2. The zero-order valence-electron chi connectivity index (χ0n) is 13.1. The lowest BCUT2D eigenvalue weighted by atomic mass is 10.1. The van der Waals surface area contributed by atoms with Crippen LogP contribution < -0.4 is 5.32 Å². The number of nitrogens with one attached hydrogen (secondary N) is 1. The number of carbonyl (C=O) groups is 2. The Kier molecular flexibility index (Phi) is 4.85. The molecule has 0 bridgehead atoms. The fraction of sp³-hybridized carbons (Fsp3) is 0.500. The highest BCUT2D eigenvalue weighted by molar-refractivity contribution is 7.12. The van der Waals surface area contributed by atoms with Gasteiger partial charge in [0, 0.05) is 25.8 Å². The van der Waals surface area contributed by atoms with Crippen LogP contribution in [0.25, 0.3) is 0 Å².